The van der Waals surface area contributed by atoms with Crippen molar-refractivity contribution < 1.29 is 19.5 Å². The van der Waals surface area contributed by atoms with Crippen LogP contribution in [0, 0.1) is 0 Å². The Balaban J connectivity index is 2.30. The van der Waals surface area contributed by atoms with Gasteiger partial charge in [-0.1, -0.05) is 12.1 Å². The molecule has 0 bridgehead atoms. The van der Waals surface area contributed by atoms with Gasteiger partial charge in [0.25, 0.3) is 11.8 Å². The summed E-state index contributed by atoms with van der Waals surface area (Å²) >= 11 is 0. The normalized spacial score (nSPS) is 15.1. The smallest absolute Gasteiger partial charge is 0.283 e. The Kier molecular flexibility index (Phi) is 2.32. The van der Waals surface area contributed by atoms with Crippen molar-refractivity contribution in [1.29, 1.82) is 0 Å². The third-order valence-electron chi connectivity index (χ3n) is 2.14. The van der Waals surface area contributed by atoms with Gasteiger partial charge in [0.1, 0.15) is 12.2 Å². The predicted molar refractivity (Wildman–Crippen MR) is 52.0 cm³/mol. The molecule has 2 rings (SSSR count). The van der Waals surface area contributed by atoms with E-state index < -0.39 is 17.7 Å². The lowest BCUT2D eigenvalue weighted by Gasteiger charge is -2.13. The van der Waals surface area contributed by atoms with Crippen LogP contribution >= 0.6 is 0 Å². The molecule has 1 heterocycles. The standard InChI is InChI=1S/C10H8N2O4/c13-7-4-2-1-3-6(7)10(16)12-9(15)5-8(14)11-12/h1-4,13H,5H2,(H,11,14). The second-order valence-electron chi connectivity index (χ2n) is 3.26. The number of carbonyl (C=O) groups is 3. The predicted octanol–water partition coefficient (Wildman–Crippen LogP) is -0.204. The van der Waals surface area contributed by atoms with Crippen LogP contribution in [0.5, 0.6) is 5.75 Å². The van der Waals surface area contributed by atoms with Crippen molar-refractivity contribution in [3.63, 3.8) is 0 Å². The minimum Gasteiger partial charge on any atom is -0.507 e. The Labute approximate surface area is 90.4 Å². The Morgan fingerprint density at radius 1 is 1.31 bits per heavy atom. The van der Waals surface area contributed by atoms with Gasteiger partial charge in [-0.25, -0.2) is 0 Å². The van der Waals surface area contributed by atoms with Gasteiger partial charge in [0.15, 0.2) is 0 Å². The summed E-state index contributed by atoms with van der Waals surface area (Å²) in [6.45, 7) is 0. The maximum atomic E-state index is 11.8. The number of hydrogen-bond acceptors (Lipinski definition) is 4. The third-order valence-corrected chi connectivity index (χ3v) is 2.14. The molecule has 6 nitrogen and oxygen atoms in total. The fourth-order valence-corrected chi connectivity index (χ4v) is 1.38. The largest absolute Gasteiger partial charge is 0.507 e. The average molecular weight is 220 g/mol. The molecule has 3 amide bonds. The zero-order chi connectivity index (χ0) is 11.7. The average Bonchev–Trinajstić information content (AvgIpc) is 2.58. The molecular formula is C10H8N2O4. The molecule has 1 aromatic carbocycles. The van der Waals surface area contributed by atoms with Crippen LogP contribution in [0.15, 0.2) is 24.3 Å². The topological polar surface area (TPSA) is 86.7 Å². The van der Waals surface area contributed by atoms with Gasteiger partial charge in [0.05, 0.1) is 5.56 Å². The monoisotopic (exact) mass is 220 g/mol. The number of nitrogens with one attached hydrogen (secondary N) is 1. The molecule has 1 saturated heterocycles. The molecule has 2 N–H and O–H groups in total. The van der Waals surface area contributed by atoms with Crippen LogP contribution in [0.25, 0.3) is 0 Å². The molecule has 1 aliphatic rings. The summed E-state index contributed by atoms with van der Waals surface area (Å²) in [5.74, 6) is -2.14. The van der Waals surface area contributed by atoms with Crippen LogP contribution in [0.1, 0.15) is 16.8 Å². The number of benzene rings is 1. The number of rotatable bonds is 1. The summed E-state index contributed by atoms with van der Waals surface area (Å²) in [4.78, 5) is 33.9. The number of imide groups is 1. The Hall–Kier alpha value is -2.37. The van der Waals surface area contributed by atoms with E-state index in [2.05, 4.69) is 5.43 Å². The first-order valence-electron chi connectivity index (χ1n) is 4.54. The molecule has 0 radical (unpaired) electrons. The number of carbonyl (C=O) groups excluding carboxylic acids is 3. The Morgan fingerprint density at radius 3 is 2.56 bits per heavy atom. The van der Waals surface area contributed by atoms with E-state index in [0.29, 0.717) is 5.01 Å². The number of hydrazine groups is 1. The van der Waals surface area contributed by atoms with Crippen molar-refractivity contribution in [2.75, 3.05) is 0 Å². The molecule has 82 valence electrons. The molecule has 6 heteroatoms. The van der Waals surface area contributed by atoms with E-state index in [1.807, 2.05) is 0 Å². The van der Waals surface area contributed by atoms with Crippen LogP contribution < -0.4 is 5.43 Å². The molecular weight excluding hydrogens is 212 g/mol. The number of phenols is 1. The van der Waals surface area contributed by atoms with Gasteiger partial charge in [-0.05, 0) is 12.1 Å². The summed E-state index contributed by atoms with van der Waals surface area (Å²) in [5.41, 5.74) is 2.08. The van der Waals surface area contributed by atoms with E-state index in [4.69, 9.17) is 0 Å². The number of hydrogen-bond donors (Lipinski definition) is 2. The SMILES string of the molecule is O=C1CC(=O)N(C(=O)c2ccccc2O)N1. The van der Waals surface area contributed by atoms with Crippen LogP contribution in [-0.2, 0) is 9.59 Å². The van der Waals surface area contributed by atoms with Crippen molar-refractivity contribution in [3.05, 3.63) is 29.8 Å². The maximum Gasteiger partial charge on any atom is 0.283 e. The second-order valence-corrected chi connectivity index (χ2v) is 3.26. The summed E-state index contributed by atoms with van der Waals surface area (Å²) in [5, 5.41) is 10.0. The number of aromatic hydroxyl groups is 1. The van der Waals surface area contributed by atoms with E-state index in [-0.39, 0.29) is 17.7 Å². The van der Waals surface area contributed by atoms with Crippen LogP contribution in [0.2, 0.25) is 0 Å². The van der Waals surface area contributed by atoms with Crippen LogP contribution in [0.4, 0.5) is 0 Å². The minimum absolute atomic E-state index is 0.0296. The molecule has 1 aromatic rings. The molecule has 1 fully saturated rings. The molecule has 0 spiro atoms. The molecule has 0 unspecified atom stereocenters. The van der Waals surface area contributed by atoms with E-state index >= 15 is 0 Å². The highest BCUT2D eigenvalue weighted by molar-refractivity contribution is 6.14. The Bertz CT molecular complexity index is 483. The van der Waals surface area contributed by atoms with Crippen LogP contribution in [0.3, 0.4) is 0 Å². The lowest BCUT2D eigenvalue weighted by atomic mass is 10.2. The van der Waals surface area contributed by atoms with Gasteiger partial charge in [-0.2, -0.15) is 5.01 Å². The van der Waals surface area contributed by atoms with E-state index in [0.717, 1.165) is 0 Å². The second kappa shape index (κ2) is 3.65. The molecule has 0 atom stereocenters. The quantitative estimate of drug-likeness (QED) is 0.506. The number of nitrogens with zero attached hydrogens (tertiary/aromatic N) is 1. The van der Waals surface area contributed by atoms with Gasteiger partial charge >= 0.3 is 0 Å². The van der Waals surface area contributed by atoms with Crippen molar-refractivity contribution >= 4 is 17.7 Å². The van der Waals surface area contributed by atoms with Crippen molar-refractivity contribution in [2.45, 2.75) is 6.42 Å². The molecule has 1 aliphatic heterocycles. The van der Waals surface area contributed by atoms with Gasteiger partial charge in [0.2, 0.25) is 5.91 Å². The summed E-state index contributed by atoms with van der Waals surface area (Å²) in [7, 11) is 0. The number of amides is 3. The first kappa shape index (κ1) is 10.2. The summed E-state index contributed by atoms with van der Waals surface area (Å²) in [6, 6.07) is 5.80. The highest BCUT2D eigenvalue weighted by Crippen LogP contribution is 2.18. The maximum absolute atomic E-state index is 11.8. The van der Waals surface area contributed by atoms with Gasteiger partial charge in [-0.3, -0.25) is 19.8 Å². The van der Waals surface area contributed by atoms with E-state index in [1.54, 1.807) is 12.1 Å². The van der Waals surface area contributed by atoms with Gasteiger partial charge < -0.3 is 5.11 Å². The molecule has 0 saturated carbocycles. The fourth-order valence-electron chi connectivity index (χ4n) is 1.38. The zero-order valence-corrected chi connectivity index (χ0v) is 8.14. The third kappa shape index (κ3) is 1.60. The zero-order valence-electron chi connectivity index (χ0n) is 8.14. The highest BCUT2D eigenvalue weighted by atomic mass is 16.3. The Morgan fingerprint density at radius 2 is 2.00 bits per heavy atom. The first-order valence-corrected chi connectivity index (χ1v) is 4.54. The highest BCUT2D eigenvalue weighted by Gasteiger charge is 2.33. The van der Waals surface area contributed by atoms with Gasteiger partial charge in [-0.15, -0.1) is 0 Å². The summed E-state index contributed by atoms with van der Waals surface area (Å²) < 4.78 is 0. The fraction of sp³-hybridized carbons (Fsp3) is 0.100. The van der Waals surface area contributed by atoms with Gasteiger partial charge in [0, 0.05) is 0 Å². The first-order chi connectivity index (χ1) is 7.59. The molecule has 0 aliphatic carbocycles. The van der Waals surface area contributed by atoms with E-state index in [1.165, 1.54) is 12.1 Å². The lowest BCUT2D eigenvalue weighted by molar-refractivity contribution is -0.126. The van der Waals surface area contributed by atoms with Crippen molar-refractivity contribution in [3.8, 4) is 5.75 Å². The van der Waals surface area contributed by atoms with Crippen molar-refractivity contribution in [1.82, 2.24) is 10.4 Å². The number of para-hydroxylation sites is 1. The van der Waals surface area contributed by atoms with Crippen molar-refractivity contribution in [2.24, 2.45) is 0 Å². The minimum atomic E-state index is -0.742. The number of phenolic OH excluding ortho intramolecular Hbond substituents is 1. The molecule has 16 heavy (non-hydrogen) atoms. The van der Waals surface area contributed by atoms with E-state index in [9.17, 15) is 19.5 Å². The summed E-state index contributed by atoms with van der Waals surface area (Å²) in [6.07, 6.45) is -0.348. The lowest BCUT2D eigenvalue weighted by Crippen LogP contribution is -2.41. The molecule has 0 aromatic heterocycles. The van der Waals surface area contributed by atoms with Crippen LogP contribution in [-0.4, -0.2) is 27.8 Å².